The Morgan fingerprint density at radius 3 is 2.53 bits per heavy atom. The van der Waals surface area contributed by atoms with Crippen molar-refractivity contribution < 1.29 is 9.90 Å². The maximum atomic E-state index is 10.6. The fourth-order valence-electron chi connectivity index (χ4n) is 1.80. The van der Waals surface area contributed by atoms with Crippen molar-refractivity contribution in [2.45, 2.75) is 43.1 Å². The molecule has 0 aromatic carbocycles. The molecule has 1 heterocycles. The van der Waals surface area contributed by atoms with Gasteiger partial charge in [0.2, 0.25) is 5.95 Å². The van der Waals surface area contributed by atoms with Gasteiger partial charge in [0, 0.05) is 11.3 Å². The van der Waals surface area contributed by atoms with Crippen LogP contribution >= 0.6 is 23.5 Å². The summed E-state index contributed by atoms with van der Waals surface area (Å²) in [4.78, 5) is 10.6. The second-order valence-electron chi connectivity index (χ2n) is 4.20. The average Bonchev–Trinajstić information content (AvgIpc) is 2.74. The van der Waals surface area contributed by atoms with Gasteiger partial charge < -0.3 is 10.8 Å². The first kappa shape index (κ1) is 16.2. The molecule has 6 nitrogen and oxygen atoms in total. The highest BCUT2D eigenvalue weighted by atomic mass is 32.2. The van der Waals surface area contributed by atoms with Crippen LogP contribution in [0, 0.1) is 0 Å². The van der Waals surface area contributed by atoms with Crippen LogP contribution in [0.1, 0.15) is 26.7 Å². The number of nitrogen functional groups attached to an aromatic ring is 1. The third-order valence-corrected chi connectivity index (χ3v) is 5.76. The summed E-state index contributed by atoms with van der Waals surface area (Å²) >= 11 is 2.95. The molecular weight excluding hydrogens is 284 g/mol. The van der Waals surface area contributed by atoms with Gasteiger partial charge in [-0.1, -0.05) is 25.6 Å². The summed E-state index contributed by atoms with van der Waals surface area (Å²) in [5.74, 6) is -0.573. The van der Waals surface area contributed by atoms with Crippen LogP contribution in [-0.4, -0.2) is 42.6 Å². The number of hydrogen-bond acceptors (Lipinski definition) is 6. The summed E-state index contributed by atoms with van der Waals surface area (Å²) in [7, 11) is 0. The molecule has 0 aliphatic heterocycles. The fraction of sp³-hybridized carbons (Fsp3) is 0.727. The summed E-state index contributed by atoms with van der Waals surface area (Å²) < 4.78 is 1.89. The molecule has 0 fully saturated rings. The maximum Gasteiger partial charge on any atom is 0.313 e. The van der Waals surface area contributed by atoms with E-state index in [2.05, 4.69) is 30.3 Å². The smallest absolute Gasteiger partial charge is 0.313 e. The third kappa shape index (κ3) is 4.04. The highest BCUT2D eigenvalue weighted by Crippen LogP contribution is 2.34. The molecule has 1 aromatic heterocycles. The summed E-state index contributed by atoms with van der Waals surface area (Å²) in [5.41, 5.74) is 5.84. The van der Waals surface area contributed by atoms with Crippen molar-refractivity contribution in [1.29, 1.82) is 0 Å². The zero-order valence-corrected chi connectivity index (χ0v) is 13.1. The van der Waals surface area contributed by atoms with Crippen LogP contribution in [0.4, 0.5) is 5.95 Å². The molecule has 0 unspecified atom stereocenters. The zero-order chi connectivity index (χ0) is 14.5. The average molecular weight is 304 g/mol. The van der Waals surface area contributed by atoms with Crippen molar-refractivity contribution in [2.75, 3.05) is 17.7 Å². The molecule has 0 aliphatic rings. The number of anilines is 1. The van der Waals surface area contributed by atoms with Crippen molar-refractivity contribution in [1.82, 2.24) is 14.8 Å². The molecule has 3 N–H and O–H groups in total. The van der Waals surface area contributed by atoms with Gasteiger partial charge >= 0.3 is 5.97 Å². The van der Waals surface area contributed by atoms with E-state index >= 15 is 0 Å². The van der Waals surface area contributed by atoms with Crippen LogP contribution < -0.4 is 5.73 Å². The van der Waals surface area contributed by atoms with Crippen molar-refractivity contribution in [3.8, 4) is 0 Å². The van der Waals surface area contributed by atoms with E-state index in [1.807, 2.05) is 4.57 Å². The van der Waals surface area contributed by atoms with Crippen LogP contribution in [0.25, 0.3) is 0 Å². The van der Waals surface area contributed by atoms with Gasteiger partial charge in [-0.05, 0) is 19.1 Å². The number of aliphatic carboxylic acids is 1. The summed E-state index contributed by atoms with van der Waals surface area (Å²) in [6, 6.07) is 0. The van der Waals surface area contributed by atoms with E-state index in [4.69, 9.17) is 10.8 Å². The number of carboxylic acid groups (broad SMARTS) is 1. The molecule has 0 aliphatic carbocycles. The Morgan fingerprint density at radius 2 is 2.05 bits per heavy atom. The number of carboxylic acids is 1. The Hall–Kier alpha value is -0.890. The van der Waals surface area contributed by atoms with Crippen LogP contribution in [-0.2, 0) is 11.3 Å². The molecular formula is C11H20N4O2S2. The number of hydrogen-bond donors (Lipinski definition) is 2. The molecule has 19 heavy (non-hydrogen) atoms. The van der Waals surface area contributed by atoms with E-state index in [0.29, 0.717) is 17.6 Å². The fourth-order valence-corrected chi connectivity index (χ4v) is 3.30. The summed E-state index contributed by atoms with van der Waals surface area (Å²) in [6.07, 6.45) is 4.09. The molecule has 0 radical (unpaired) electrons. The number of carbonyl (C=O) groups is 1. The Morgan fingerprint density at radius 1 is 1.42 bits per heavy atom. The number of nitrogens with zero attached hydrogens (tertiary/aromatic N) is 3. The molecule has 0 atom stereocenters. The predicted octanol–water partition coefficient (Wildman–Crippen LogP) is 1.96. The molecule has 1 aromatic rings. The minimum atomic E-state index is -0.875. The zero-order valence-electron chi connectivity index (χ0n) is 11.4. The minimum absolute atomic E-state index is 0.0390. The number of rotatable bonds is 8. The maximum absolute atomic E-state index is 10.6. The predicted molar refractivity (Wildman–Crippen MR) is 79.6 cm³/mol. The second kappa shape index (κ2) is 7.04. The van der Waals surface area contributed by atoms with E-state index in [-0.39, 0.29) is 10.5 Å². The van der Waals surface area contributed by atoms with E-state index in [1.54, 1.807) is 11.8 Å². The van der Waals surface area contributed by atoms with E-state index in [1.165, 1.54) is 0 Å². The Labute approximate surface area is 121 Å². The molecule has 1 rings (SSSR count). The van der Waals surface area contributed by atoms with Gasteiger partial charge in [-0.25, -0.2) is 0 Å². The van der Waals surface area contributed by atoms with Crippen molar-refractivity contribution >= 4 is 35.4 Å². The Kier molecular flexibility index (Phi) is 5.99. The first-order valence-corrected chi connectivity index (χ1v) is 8.27. The summed E-state index contributed by atoms with van der Waals surface area (Å²) in [5, 5.41) is 17.1. The van der Waals surface area contributed by atoms with Crippen molar-refractivity contribution in [3.63, 3.8) is 0 Å². The van der Waals surface area contributed by atoms with Crippen molar-refractivity contribution in [2.24, 2.45) is 0 Å². The quantitative estimate of drug-likeness (QED) is 0.709. The van der Waals surface area contributed by atoms with Crippen LogP contribution in [0.15, 0.2) is 5.16 Å². The molecule has 0 saturated heterocycles. The van der Waals surface area contributed by atoms with E-state index in [9.17, 15) is 4.79 Å². The van der Waals surface area contributed by atoms with Crippen LogP contribution in [0.3, 0.4) is 0 Å². The molecule has 108 valence electrons. The third-order valence-electron chi connectivity index (χ3n) is 3.24. The van der Waals surface area contributed by atoms with Gasteiger partial charge in [-0.2, -0.15) is 11.8 Å². The molecule has 0 bridgehead atoms. The molecule has 0 saturated carbocycles. The minimum Gasteiger partial charge on any atom is -0.481 e. The topological polar surface area (TPSA) is 94.0 Å². The second-order valence-corrected chi connectivity index (χ2v) is 6.42. The lowest BCUT2D eigenvalue weighted by molar-refractivity contribution is -0.133. The first-order chi connectivity index (χ1) is 8.98. The normalized spacial score (nSPS) is 11.7. The standard InChI is InChI=1S/C11H20N4O2S2/c1-4-11(5-2,18-3)7-15-9(12)13-14-10(15)19-6-8(16)17/h4-7H2,1-3H3,(H2,12,13)(H,16,17). The summed E-state index contributed by atoms with van der Waals surface area (Å²) in [6.45, 7) is 4.98. The van der Waals surface area contributed by atoms with Gasteiger partial charge in [0.1, 0.15) is 0 Å². The Bertz CT molecular complexity index is 424. The highest BCUT2D eigenvalue weighted by Gasteiger charge is 2.28. The highest BCUT2D eigenvalue weighted by molar-refractivity contribution is 8.00. The SMILES string of the molecule is CCC(CC)(Cn1c(N)nnc1SCC(=O)O)SC. The Balaban J connectivity index is 2.92. The lowest BCUT2D eigenvalue weighted by Gasteiger charge is -2.30. The van der Waals surface area contributed by atoms with Gasteiger partial charge in [0.05, 0.1) is 5.75 Å². The van der Waals surface area contributed by atoms with E-state index in [0.717, 1.165) is 24.6 Å². The number of aromatic nitrogens is 3. The lowest BCUT2D eigenvalue weighted by Crippen LogP contribution is -2.30. The number of thioether (sulfide) groups is 2. The van der Waals surface area contributed by atoms with E-state index < -0.39 is 5.97 Å². The van der Waals surface area contributed by atoms with Crippen LogP contribution in [0.5, 0.6) is 0 Å². The largest absolute Gasteiger partial charge is 0.481 e. The van der Waals surface area contributed by atoms with Gasteiger partial charge in [-0.3, -0.25) is 9.36 Å². The van der Waals surface area contributed by atoms with Gasteiger partial charge in [-0.15, -0.1) is 10.2 Å². The number of nitrogens with two attached hydrogens (primary N) is 1. The van der Waals surface area contributed by atoms with Crippen LogP contribution in [0.2, 0.25) is 0 Å². The first-order valence-electron chi connectivity index (χ1n) is 6.06. The van der Waals surface area contributed by atoms with Crippen molar-refractivity contribution in [3.05, 3.63) is 0 Å². The molecule has 0 spiro atoms. The monoisotopic (exact) mass is 304 g/mol. The molecule has 0 amide bonds. The molecule has 8 heteroatoms. The van der Waals surface area contributed by atoms with Gasteiger partial charge in [0.25, 0.3) is 0 Å². The van der Waals surface area contributed by atoms with Gasteiger partial charge in [0.15, 0.2) is 5.16 Å². The lowest BCUT2D eigenvalue weighted by atomic mass is 10.0.